The van der Waals surface area contributed by atoms with E-state index in [0.717, 1.165) is 0 Å². The number of pyridine rings is 1. The van der Waals surface area contributed by atoms with Gasteiger partial charge in [0.05, 0.1) is 28.9 Å². The first-order valence-electron chi connectivity index (χ1n) is 5.52. The zero-order valence-electron chi connectivity index (χ0n) is 9.65. The van der Waals surface area contributed by atoms with Crippen LogP contribution in [0.3, 0.4) is 0 Å². The molecule has 3 N–H and O–H groups in total. The standard InChI is InChI=1S/C11H14BrN3O3/c12-8-5-13-3-1-9(8)14-10(17)15-11(6-16)2-4-18-7-11/h1,3,5,16H,2,4,6-7H2,(H2,13,14,15,17). The summed E-state index contributed by atoms with van der Waals surface area (Å²) < 4.78 is 5.90. The number of hydrogen-bond donors (Lipinski definition) is 3. The lowest BCUT2D eigenvalue weighted by atomic mass is 10.0. The Morgan fingerprint density at radius 2 is 2.50 bits per heavy atom. The second-order valence-electron chi connectivity index (χ2n) is 4.18. The normalized spacial score (nSPS) is 22.8. The van der Waals surface area contributed by atoms with Crippen molar-refractivity contribution in [1.82, 2.24) is 10.3 Å². The summed E-state index contributed by atoms with van der Waals surface area (Å²) in [5.74, 6) is 0. The lowest BCUT2D eigenvalue weighted by Crippen LogP contribution is -2.53. The van der Waals surface area contributed by atoms with E-state index < -0.39 is 5.54 Å². The summed E-state index contributed by atoms with van der Waals surface area (Å²) in [5, 5.41) is 14.8. The summed E-state index contributed by atoms with van der Waals surface area (Å²) in [6, 6.07) is 1.31. The fraction of sp³-hybridized carbons (Fsp3) is 0.455. The largest absolute Gasteiger partial charge is 0.394 e. The average molecular weight is 316 g/mol. The molecular weight excluding hydrogens is 302 g/mol. The van der Waals surface area contributed by atoms with Crippen molar-refractivity contribution in [3.05, 3.63) is 22.9 Å². The van der Waals surface area contributed by atoms with Gasteiger partial charge in [0, 0.05) is 19.0 Å². The molecule has 1 aromatic rings. The number of nitrogens with one attached hydrogen (secondary N) is 2. The number of aromatic nitrogens is 1. The van der Waals surface area contributed by atoms with Gasteiger partial charge in [0.2, 0.25) is 0 Å². The fourth-order valence-electron chi connectivity index (χ4n) is 1.74. The fourth-order valence-corrected chi connectivity index (χ4v) is 2.09. The van der Waals surface area contributed by atoms with Gasteiger partial charge in [0.25, 0.3) is 0 Å². The number of halogens is 1. The molecule has 0 spiro atoms. The number of ether oxygens (including phenoxy) is 1. The summed E-state index contributed by atoms with van der Waals surface area (Å²) in [6.07, 6.45) is 3.78. The first kappa shape index (κ1) is 13.3. The summed E-state index contributed by atoms with van der Waals surface area (Å²) in [4.78, 5) is 15.8. The SMILES string of the molecule is O=C(Nc1ccncc1Br)NC1(CO)CCOC1. The van der Waals surface area contributed by atoms with Gasteiger partial charge >= 0.3 is 6.03 Å². The van der Waals surface area contributed by atoms with Gasteiger partial charge < -0.3 is 20.5 Å². The van der Waals surface area contributed by atoms with Gasteiger partial charge in [-0.1, -0.05) is 0 Å². The molecule has 0 aromatic carbocycles. The molecule has 7 heteroatoms. The van der Waals surface area contributed by atoms with Crippen LogP contribution in [0.15, 0.2) is 22.9 Å². The third-order valence-corrected chi connectivity index (χ3v) is 3.44. The highest BCUT2D eigenvalue weighted by Gasteiger charge is 2.35. The maximum absolute atomic E-state index is 11.9. The first-order chi connectivity index (χ1) is 8.65. The predicted molar refractivity (Wildman–Crippen MR) is 69.3 cm³/mol. The van der Waals surface area contributed by atoms with E-state index >= 15 is 0 Å². The van der Waals surface area contributed by atoms with Crippen molar-refractivity contribution < 1.29 is 14.6 Å². The Morgan fingerprint density at radius 1 is 1.67 bits per heavy atom. The number of anilines is 1. The molecular formula is C11H14BrN3O3. The molecule has 2 rings (SSSR count). The zero-order chi connectivity index (χ0) is 13.0. The summed E-state index contributed by atoms with van der Waals surface area (Å²) >= 11 is 3.29. The van der Waals surface area contributed by atoms with Crippen LogP contribution in [0, 0.1) is 0 Å². The van der Waals surface area contributed by atoms with Crippen molar-refractivity contribution in [2.24, 2.45) is 0 Å². The highest BCUT2D eigenvalue weighted by atomic mass is 79.9. The van der Waals surface area contributed by atoms with Gasteiger partial charge in [0.15, 0.2) is 0 Å². The van der Waals surface area contributed by atoms with E-state index in [1.807, 2.05) is 0 Å². The molecule has 1 aliphatic heterocycles. The number of urea groups is 1. The van der Waals surface area contributed by atoms with Gasteiger partial charge in [-0.05, 0) is 28.4 Å². The third-order valence-electron chi connectivity index (χ3n) is 2.81. The number of aliphatic hydroxyl groups excluding tert-OH is 1. The van der Waals surface area contributed by atoms with Crippen LogP contribution in [-0.4, -0.2) is 41.5 Å². The summed E-state index contributed by atoms with van der Waals surface area (Å²) in [6.45, 7) is 0.728. The summed E-state index contributed by atoms with van der Waals surface area (Å²) in [5.41, 5.74) is -0.0571. The Morgan fingerprint density at radius 3 is 3.11 bits per heavy atom. The predicted octanol–water partition coefficient (Wildman–Crippen LogP) is 1.12. The van der Waals surface area contributed by atoms with Gasteiger partial charge in [-0.25, -0.2) is 4.79 Å². The van der Waals surface area contributed by atoms with Crippen molar-refractivity contribution in [1.29, 1.82) is 0 Å². The van der Waals surface area contributed by atoms with Crippen LogP contribution in [0.25, 0.3) is 0 Å². The van der Waals surface area contributed by atoms with Crippen LogP contribution in [-0.2, 0) is 4.74 Å². The van der Waals surface area contributed by atoms with Crippen LogP contribution >= 0.6 is 15.9 Å². The van der Waals surface area contributed by atoms with Crippen molar-refractivity contribution in [3.63, 3.8) is 0 Å². The summed E-state index contributed by atoms with van der Waals surface area (Å²) in [7, 11) is 0. The molecule has 0 saturated carbocycles. The number of rotatable bonds is 3. The molecule has 1 atom stereocenters. The maximum Gasteiger partial charge on any atom is 0.319 e. The molecule has 2 heterocycles. The second-order valence-corrected chi connectivity index (χ2v) is 5.03. The van der Waals surface area contributed by atoms with E-state index in [9.17, 15) is 9.90 Å². The van der Waals surface area contributed by atoms with E-state index in [0.29, 0.717) is 29.8 Å². The highest BCUT2D eigenvalue weighted by Crippen LogP contribution is 2.21. The number of carbonyl (C=O) groups excluding carboxylic acids is 1. The number of carbonyl (C=O) groups is 1. The molecule has 0 radical (unpaired) electrons. The molecule has 6 nitrogen and oxygen atoms in total. The van der Waals surface area contributed by atoms with Crippen LogP contribution in [0.5, 0.6) is 0 Å². The lowest BCUT2D eigenvalue weighted by Gasteiger charge is -2.26. The van der Waals surface area contributed by atoms with Gasteiger partial charge in [-0.15, -0.1) is 0 Å². The quantitative estimate of drug-likeness (QED) is 0.780. The van der Waals surface area contributed by atoms with Crippen molar-refractivity contribution >= 4 is 27.6 Å². The minimum absolute atomic E-state index is 0.141. The first-order valence-corrected chi connectivity index (χ1v) is 6.32. The molecule has 1 fully saturated rings. The second kappa shape index (κ2) is 5.64. The molecule has 0 bridgehead atoms. The van der Waals surface area contributed by atoms with Gasteiger partial charge in [-0.2, -0.15) is 0 Å². The van der Waals surface area contributed by atoms with Crippen molar-refractivity contribution in [3.8, 4) is 0 Å². The van der Waals surface area contributed by atoms with E-state index in [-0.39, 0.29) is 12.6 Å². The number of nitrogens with zero attached hydrogens (tertiary/aromatic N) is 1. The molecule has 2 amide bonds. The smallest absolute Gasteiger partial charge is 0.319 e. The highest BCUT2D eigenvalue weighted by molar-refractivity contribution is 9.10. The van der Waals surface area contributed by atoms with Gasteiger partial charge in [-0.3, -0.25) is 4.98 Å². The van der Waals surface area contributed by atoms with Crippen LogP contribution < -0.4 is 10.6 Å². The van der Waals surface area contributed by atoms with E-state index in [1.165, 1.54) is 0 Å². The van der Waals surface area contributed by atoms with Gasteiger partial charge in [0.1, 0.15) is 0 Å². The Labute approximate surface area is 113 Å². The molecule has 98 valence electrons. The molecule has 1 aliphatic rings. The topological polar surface area (TPSA) is 83.5 Å². The minimum atomic E-state index is -0.677. The van der Waals surface area contributed by atoms with Crippen LogP contribution in [0.1, 0.15) is 6.42 Å². The van der Waals surface area contributed by atoms with Crippen LogP contribution in [0.4, 0.5) is 10.5 Å². The Hall–Kier alpha value is -1.18. The zero-order valence-corrected chi connectivity index (χ0v) is 11.2. The number of aliphatic hydroxyl groups is 1. The van der Waals surface area contributed by atoms with E-state index in [2.05, 4.69) is 31.5 Å². The average Bonchev–Trinajstić information content (AvgIpc) is 2.81. The number of hydrogen-bond acceptors (Lipinski definition) is 4. The van der Waals surface area contributed by atoms with Crippen molar-refractivity contribution in [2.75, 3.05) is 25.1 Å². The van der Waals surface area contributed by atoms with Crippen LogP contribution in [0.2, 0.25) is 0 Å². The third kappa shape index (κ3) is 2.98. The lowest BCUT2D eigenvalue weighted by molar-refractivity contribution is 0.126. The molecule has 1 aromatic heterocycles. The Kier molecular flexibility index (Phi) is 4.15. The maximum atomic E-state index is 11.9. The monoisotopic (exact) mass is 315 g/mol. The molecule has 0 aliphatic carbocycles. The Bertz CT molecular complexity index is 435. The minimum Gasteiger partial charge on any atom is -0.394 e. The molecule has 18 heavy (non-hydrogen) atoms. The molecule has 1 unspecified atom stereocenters. The molecule has 1 saturated heterocycles. The Balaban J connectivity index is 1.98. The van der Waals surface area contributed by atoms with E-state index in [1.54, 1.807) is 18.5 Å². The number of amides is 2. The van der Waals surface area contributed by atoms with Crippen molar-refractivity contribution in [2.45, 2.75) is 12.0 Å². The van der Waals surface area contributed by atoms with E-state index in [4.69, 9.17) is 4.74 Å².